The quantitative estimate of drug-likeness (QED) is 0.886. The van der Waals surface area contributed by atoms with Crippen LogP contribution in [-0.2, 0) is 17.9 Å². The maximum atomic E-state index is 13.0. The van der Waals surface area contributed by atoms with Crippen molar-refractivity contribution in [3.05, 3.63) is 35.4 Å². The molecule has 0 saturated heterocycles. The Hall–Kier alpha value is -1.07. The van der Waals surface area contributed by atoms with Gasteiger partial charge in [0.1, 0.15) is 0 Å². The molecular weight excluding hydrogens is 279 g/mol. The van der Waals surface area contributed by atoms with Crippen LogP contribution < -0.4 is 5.32 Å². The van der Waals surface area contributed by atoms with Crippen molar-refractivity contribution in [2.24, 2.45) is 5.92 Å². The molecule has 1 fully saturated rings. The number of hydrogen-bond donors (Lipinski definition) is 1. The van der Waals surface area contributed by atoms with Gasteiger partial charge in [0.25, 0.3) is 0 Å². The lowest BCUT2D eigenvalue weighted by atomic mass is 9.84. The normalized spacial score (nSPS) is 23.2. The van der Waals surface area contributed by atoms with Crippen LogP contribution in [-0.4, -0.2) is 19.3 Å². The Kier molecular flexibility index (Phi) is 5.65. The molecule has 2 rings (SSSR count). The van der Waals surface area contributed by atoms with E-state index in [2.05, 4.69) is 5.32 Å². The number of methoxy groups -OCH3 is 1. The number of halogens is 3. The Morgan fingerprint density at radius 3 is 2.33 bits per heavy atom. The summed E-state index contributed by atoms with van der Waals surface area (Å²) in [5, 5.41) is 3.09. The lowest BCUT2D eigenvalue weighted by Crippen LogP contribution is -2.45. The highest BCUT2D eigenvalue weighted by Crippen LogP contribution is 2.37. The van der Waals surface area contributed by atoms with E-state index in [0.29, 0.717) is 26.0 Å². The zero-order valence-electron chi connectivity index (χ0n) is 12.2. The smallest absolute Gasteiger partial charge is 0.380 e. The van der Waals surface area contributed by atoms with Crippen molar-refractivity contribution in [1.29, 1.82) is 0 Å². The van der Waals surface area contributed by atoms with Crippen molar-refractivity contribution >= 4 is 0 Å². The number of benzene rings is 1. The van der Waals surface area contributed by atoms with Crippen LogP contribution >= 0.6 is 0 Å². The first kappa shape index (κ1) is 16.3. The molecule has 2 unspecified atom stereocenters. The van der Waals surface area contributed by atoms with Crippen molar-refractivity contribution in [3.63, 3.8) is 0 Å². The third-order valence-electron chi connectivity index (χ3n) is 4.09. The highest BCUT2D eigenvalue weighted by atomic mass is 19.4. The summed E-state index contributed by atoms with van der Waals surface area (Å²) < 4.78 is 44.0. The molecule has 1 N–H and O–H groups in total. The Morgan fingerprint density at radius 1 is 1.10 bits per heavy atom. The second kappa shape index (κ2) is 7.27. The largest absolute Gasteiger partial charge is 0.393 e. The number of rotatable bonds is 5. The lowest BCUT2D eigenvalue weighted by molar-refractivity contribution is -0.189. The van der Waals surface area contributed by atoms with Crippen LogP contribution in [0.1, 0.15) is 36.8 Å². The molecule has 1 aliphatic rings. The minimum atomic E-state index is -4.10. The third-order valence-corrected chi connectivity index (χ3v) is 4.09. The van der Waals surface area contributed by atoms with E-state index < -0.39 is 18.1 Å². The molecule has 0 spiro atoms. The zero-order valence-corrected chi connectivity index (χ0v) is 12.2. The SMILES string of the molecule is COCc1ccc(CNC2CCCCC2C(F)(F)F)cc1. The van der Waals surface area contributed by atoms with Crippen molar-refractivity contribution < 1.29 is 17.9 Å². The highest BCUT2D eigenvalue weighted by molar-refractivity contribution is 5.22. The van der Waals surface area contributed by atoms with E-state index in [-0.39, 0.29) is 6.42 Å². The fraction of sp³-hybridized carbons (Fsp3) is 0.625. The van der Waals surface area contributed by atoms with E-state index in [1.807, 2.05) is 24.3 Å². The second-order valence-electron chi connectivity index (χ2n) is 5.67. The van der Waals surface area contributed by atoms with Crippen molar-refractivity contribution in [1.82, 2.24) is 5.32 Å². The summed E-state index contributed by atoms with van der Waals surface area (Å²) in [4.78, 5) is 0. The summed E-state index contributed by atoms with van der Waals surface area (Å²) in [7, 11) is 1.63. The molecule has 0 heterocycles. The average Bonchev–Trinajstić information content (AvgIpc) is 2.46. The van der Waals surface area contributed by atoms with E-state index in [4.69, 9.17) is 4.74 Å². The molecule has 1 aromatic carbocycles. The molecule has 118 valence electrons. The maximum absolute atomic E-state index is 13.0. The number of alkyl halides is 3. The molecule has 21 heavy (non-hydrogen) atoms. The van der Waals surface area contributed by atoms with Crippen LogP contribution in [0.2, 0.25) is 0 Å². The van der Waals surface area contributed by atoms with E-state index in [1.165, 1.54) is 0 Å². The van der Waals surface area contributed by atoms with Gasteiger partial charge in [0.15, 0.2) is 0 Å². The van der Waals surface area contributed by atoms with Gasteiger partial charge in [-0.05, 0) is 24.0 Å². The molecule has 0 aromatic heterocycles. The molecule has 5 heteroatoms. The van der Waals surface area contributed by atoms with Gasteiger partial charge in [-0.1, -0.05) is 37.1 Å². The highest BCUT2D eigenvalue weighted by Gasteiger charge is 2.45. The number of ether oxygens (including phenoxy) is 1. The Balaban J connectivity index is 1.91. The van der Waals surface area contributed by atoms with E-state index >= 15 is 0 Å². The zero-order chi connectivity index (χ0) is 15.3. The third kappa shape index (κ3) is 4.71. The lowest BCUT2D eigenvalue weighted by Gasteiger charge is -2.33. The standard InChI is InChI=1S/C16H22F3NO/c1-21-11-13-8-6-12(7-9-13)10-20-15-5-3-2-4-14(15)16(17,18)19/h6-9,14-15,20H,2-5,10-11H2,1H3. The van der Waals surface area contributed by atoms with Gasteiger partial charge in [-0.2, -0.15) is 13.2 Å². The first-order chi connectivity index (χ1) is 10.0. The Bertz CT molecular complexity index is 430. The summed E-state index contributed by atoms with van der Waals surface area (Å²) in [5.41, 5.74) is 2.06. The summed E-state index contributed by atoms with van der Waals surface area (Å²) in [6.07, 6.45) is -1.70. The Morgan fingerprint density at radius 2 is 1.71 bits per heavy atom. The van der Waals surface area contributed by atoms with Gasteiger partial charge in [-0.15, -0.1) is 0 Å². The number of nitrogens with one attached hydrogen (secondary N) is 1. The van der Waals surface area contributed by atoms with E-state index in [9.17, 15) is 13.2 Å². The fourth-order valence-electron chi connectivity index (χ4n) is 2.94. The molecule has 0 amide bonds. The van der Waals surface area contributed by atoms with Crippen LogP contribution in [0.15, 0.2) is 24.3 Å². The van der Waals surface area contributed by atoms with Gasteiger partial charge >= 0.3 is 6.18 Å². The summed E-state index contributed by atoms with van der Waals surface area (Å²) in [6.45, 7) is 1.02. The second-order valence-corrected chi connectivity index (χ2v) is 5.67. The predicted molar refractivity (Wildman–Crippen MR) is 75.8 cm³/mol. The molecule has 0 radical (unpaired) electrons. The molecule has 1 saturated carbocycles. The molecular formula is C16H22F3NO. The molecule has 2 atom stereocenters. The molecule has 1 aromatic rings. The van der Waals surface area contributed by atoms with Gasteiger partial charge < -0.3 is 10.1 Å². The van der Waals surface area contributed by atoms with Gasteiger partial charge in [-0.25, -0.2) is 0 Å². The van der Waals surface area contributed by atoms with Crippen LogP contribution in [0, 0.1) is 5.92 Å². The average molecular weight is 301 g/mol. The van der Waals surface area contributed by atoms with Crippen molar-refractivity contribution in [3.8, 4) is 0 Å². The summed E-state index contributed by atoms with van der Waals surface area (Å²) in [6, 6.07) is 7.31. The fourth-order valence-corrected chi connectivity index (χ4v) is 2.94. The van der Waals surface area contributed by atoms with Crippen LogP contribution in [0.5, 0.6) is 0 Å². The minimum Gasteiger partial charge on any atom is -0.380 e. The molecule has 0 bridgehead atoms. The maximum Gasteiger partial charge on any atom is 0.393 e. The summed E-state index contributed by atoms with van der Waals surface area (Å²) >= 11 is 0. The van der Waals surface area contributed by atoms with Gasteiger partial charge in [0.2, 0.25) is 0 Å². The molecule has 2 nitrogen and oxygen atoms in total. The predicted octanol–water partition coefficient (Wildman–Crippen LogP) is 4.04. The van der Waals surface area contributed by atoms with Crippen LogP contribution in [0.4, 0.5) is 13.2 Å². The Labute approximate surface area is 123 Å². The number of hydrogen-bond acceptors (Lipinski definition) is 2. The van der Waals surface area contributed by atoms with E-state index in [1.54, 1.807) is 7.11 Å². The van der Waals surface area contributed by atoms with Crippen LogP contribution in [0.3, 0.4) is 0 Å². The van der Waals surface area contributed by atoms with Crippen molar-refractivity contribution in [2.45, 2.75) is 51.1 Å². The van der Waals surface area contributed by atoms with Crippen LogP contribution in [0.25, 0.3) is 0 Å². The first-order valence-corrected chi connectivity index (χ1v) is 7.37. The van der Waals surface area contributed by atoms with Gasteiger partial charge in [0.05, 0.1) is 12.5 Å². The van der Waals surface area contributed by atoms with Crippen molar-refractivity contribution in [2.75, 3.05) is 7.11 Å². The first-order valence-electron chi connectivity index (χ1n) is 7.37. The summed E-state index contributed by atoms with van der Waals surface area (Å²) in [5.74, 6) is -1.21. The van der Waals surface area contributed by atoms with Gasteiger partial charge in [-0.3, -0.25) is 0 Å². The van der Waals surface area contributed by atoms with Gasteiger partial charge in [0, 0.05) is 19.7 Å². The monoisotopic (exact) mass is 301 g/mol. The molecule has 0 aliphatic heterocycles. The topological polar surface area (TPSA) is 21.3 Å². The molecule has 1 aliphatic carbocycles. The van der Waals surface area contributed by atoms with E-state index in [0.717, 1.165) is 17.5 Å². The minimum absolute atomic E-state index is 0.244.